The van der Waals surface area contributed by atoms with Gasteiger partial charge in [-0.15, -0.1) is 0 Å². The summed E-state index contributed by atoms with van der Waals surface area (Å²) in [7, 11) is 0. The van der Waals surface area contributed by atoms with E-state index in [1.54, 1.807) is 0 Å². The Hall–Kier alpha value is -2.37. The number of aromatic carboxylic acids is 2. The van der Waals surface area contributed by atoms with Crippen molar-refractivity contribution in [2.24, 2.45) is 5.73 Å². The van der Waals surface area contributed by atoms with Gasteiger partial charge in [0.25, 0.3) is 0 Å². The summed E-state index contributed by atoms with van der Waals surface area (Å²) < 4.78 is 0. The normalized spacial score (nSPS) is 9.60. The number of rotatable bonds is 3. The zero-order valence-electron chi connectivity index (χ0n) is 7.43. The molecule has 0 atom stereocenters. The summed E-state index contributed by atoms with van der Waals surface area (Å²) in [5.74, 6) is -3.87. The first kappa shape index (κ1) is 10.7. The maximum absolute atomic E-state index is 10.9. The third-order valence-corrected chi connectivity index (χ3v) is 1.77. The van der Waals surface area contributed by atoms with Crippen LogP contribution in [0.5, 0.6) is 0 Å². The number of benzene rings is 1. The van der Waals surface area contributed by atoms with Crippen LogP contribution in [0.1, 0.15) is 31.1 Å². The summed E-state index contributed by atoms with van der Waals surface area (Å²) in [6.45, 7) is 0. The molecule has 0 aliphatic carbocycles. The largest absolute Gasteiger partial charge is 0.478 e. The van der Waals surface area contributed by atoms with Crippen LogP contribution in [0.2, 0.25) is 0 Å². The van der Waals surface area contributed by atoms with Gasteiger partial charge in [0.15, 0.2) is 0 Å². The zero-order valence-corrected chi connectivity index (χ0v) is 7.43. The number of hydrogen-bond acceptors (Lipinski definition) is 3. The van der Waals surface area contributed by atoms with Crippen LogP contribution in [-0.2, 0) is 0 Å². The molecular formula is C9H7NO5. The molecule has 6 nitrogen and oxygen atoms in total. The highest BCUT2D eigenvalue weighted by Crippen LogP contribution is 2.14. The van der Waals surface area contributed by atoms with Crippen LogP contribution in [0.15, 0.2) is 18.2 Å². The molecule has 0 radical (unpaired) electrons. The highest BCUT2D eigenvalue weighted by atomic mass is 16.4. The van der Waals surface area contributed by atoms with Crippen LogP contribution in [0, 0.1) is 0 Å². The maximum Gasteiger partial charge on any atom is 0.336 e. The van der Waals surface area contributed by atoms with Crippen LogP contribution < -0.4 is 5.73 Å². The lowest BCUT2D eigenvalue weighted by atomic mass is 10.0. The summed E-state index contributed by atoms with van der Waals surface area (Å²) in [6, 6.07) is 3.48. The molecule has 0 saturated carbocycles. The average Bonchev–Trinajstić information content (AvgIpc) is 2.16. The van der Waals surface area contributed by atoms with Gasteiger partial charge in [-0.2, -0.15) is 0 Å². The molecule has 0 saturated heterocycles. The summed E-state index contributed by atoms with van der Waals surface area (Å²) in [5, 5.41) is 17.4. The van der Waals surface area contributed by atoms with Gasteiger partial charge in [-0.05, 0) is 12.1 Å². The van der Waals surface area contributed by atoms with E-state index in [-0.39, 0.29) is 0 Å². The Balaban J connectivity index is 3.56. The number of nitrogens with two attached hydrogens (primary N) is 1. The number of carbonyl (C=O) groups is 3. The molecule has 0 aromatic heterocycles. The Labute approximate surface area is 83.9 Å². The molecule has 1 rings (SSSR count). The van der Waals surface area contributed by atoms with E-state index in [4.69, 9.17) is 15.9 Å². The van der Waals surface area contributed by atoms with Gasteiger partial charge in [0.1, 0.15) is 0 Å². The molecule has 15 heavy (non-hydrogen) atoms. The number of primary amides is 1. The number of hydrogen-bond donors (Lipinski definition) is 3. The molecule has 1 aromatic carbocycles. The average molecular weight is 209 g/mol. The van der Waals surface area contributed by atoms with Crippen molar-refractivity contribution in [2.45, 2.75) is 0 Å². The monoisotopic (exact) mass is 209 g/mol. The van der Waals surface area contributed by atoms with E-state index in [0.29, 0.717) is 0 Å². The van der Waals surface area contributed by atoms with Crippen molar-refractivity contribution in [3.8, 4) is 0 Å². The maximum atomic E-state index is 10.9. The molecule has 0 unspecified atom stereocenters. The molecule has 1 aromatic rings. The SMILES string of the molecule is NC(=O)c1c(C(=O)O)cccc1C(=O)O. The second-order valence-electron chi connectivity index (χ2n) is 2.70. The van der Waals surface area contributed by atoms with Crippen molar-refractivity contribution in [1.29, 1.82) is 0 Å². The smallest absolute Gasteiger partial charge is 0.336 e. The van der Waals surface area contributed by atoms with Crippen molar-refractivity contribution in [1.82, 2.24) is 0 Å². The van der Waals surface area contributed by atoms with Crippen molar-refractivity contribution >= 4 is 17.8 Å². The van der Waals surface area contributed by atoms with E-state index in [1.165, 1.54) is 6.07 Å². The number of carboxylic acid groups (broad SMARTS) is 2. The van der Waals surface area contributed by atoms with E-state index in [9.17, 15) is 14.4 Å². The van der Waals surface area contributed by atoms with Crippen LogP contribution in [-0.4, -0.2) is 28.1 Å². The van der Waals surface area contributed by atoms with Gasteiger partial charge in [0, 0.05) is 0 Å². The minimum Gasteiger partial charge on any atom is -0.478 e. The Kier molecular flexibility index (Phi) is 2.70. The predicted octanol–water partition coefficient (Wildman–Crippen LogP) is 0.182. The summed E-state index contributed by atoms with van der Waals surface area (Å²) in [6.07, 6.45) is 0. The first-order valence-corrected chi connectivity index (χ1v) is 3.84. The molecule has 6 heteroatoms. The Bertz CT molecular complexity index is 420. The molecular weight excluding hydrogens is 202 g/mol. The first-order valence-electron chi connectivity index (χ1n) is 3.84. The number of amides is 1. The zero-order chi connectivity index (χ0) is 11.6. The Morgan fingerprint density at radius 2 is 1.40 bits per heavy atom. The molecule has 78 valence electrons. The van der Waals surface area contributed by atoms with Crippen LogP contribution in [0.25, 0.3) is 0 Å². The van der Waals surface area contributed by atoms with Crippen LogP contribution in [0.4, 0.5) is 0 Å². The minimum absolute atomic E-state index is 0.414. The highest BCUT2D eigenvalue weighted by molar-refractivity contribution is 6.10. The summed E-state index contributed by atoms with van der Waals surface area (Å²) in [4.78, 5) is 32.3. The van der Waals surface area contributed by atoms with Gasteiger partial charge in [-0.3, -0.25) is 4.79 Å². The first-order chi connectivity index (χ1) is 6.95. The van der Waals surface area contributed by atoms with Crippen LogP contribution >= 0.6 is 0 Å². The van der Waals surface area contributed by atoms with Crippen LogP contribution in [0.3, 0.4) is 0 Å². The molecule has 0 fully saturated rings. The second kappa shape index (κ2) is 3.79. The van der Waals surface area contributed by atoms with Gasteiger partial charge >= 0.3 is 11.9 Å². The summed E-state index contributed by atoms with van der Waals surface area (Å²) >= 11 is 0. The second-order valence-corrected chi connectivity index (χ2v) is 2.70. The van der Waals surface area contributed by atoms with E-state index in [1.807, 2.05) is 0 Å². The molecule has 4 N–H and O–H groups in total. The minimum atomic E-state index is -1.40. The lowest BCUT2D eigenvalue weighted by Crippen LogP contribution is -2.20. The number of carbonyl (C=O) groups excluding carboxylic acids is 1. The third kappa shape index (κ3) is 1.93. The van der Waals surface area contributed by atoms with Gasteiger partial charge in [0.05, 0.1) is 16.7 Å². The van der Waals surface area contributed by atoms with Gasteiger partial charge in [0.2, 0.25) is 5.91 Å². The van der Waals surface area contributed by atoms with Gasteiger partial charge < -0.3 is 15.9 Å². The van der Waals surface area contributed by atoms with E-state index >= 15 is 0 Å². The van der Waals surface area contributed by atoms with E-state index in [0.717, 1.165) is 12.1 Å². The molecule has 1 amide bonds. The Morgan fingerprint density at radius 1 is 1.00 bits per heavy atom. The number of carboxylic acids is 2. The standard InChI is InChI=1S/C9H7NO5/c10-7(11)6-4(8(12)13)2-1-3-5(6)9(14)15/h1-3H,(H2,10,11)(H,12,13)(H,14,15). The topological polar surface area (TPSA) is 118 Å². The molecule has 0 aliphatic rings. The lowest BCUT2D eigenvalue weighted by Gasteiger charge is -2.05. The van der Waals surface area contributed by atoms with E-state index < -0.39 is 34.5 Å². The molecule has 0 heterocycles. The van der Waals surface area contributed by atoms with Crippen molar-refractivity contribution in [2.75, 3.05) is 0 Å². The summed E-state index contributed by atoms with van der Waals surface area (Å²) in [5.41, 5.74) is 3.61. The lowest BCUT2D eigenvalue weighted by molar-refractivity contribution is 0.0688. The molecule has 0 bridgehead atoms. The Morgan fingerprint density at radius 3 is 1.67 bits per heavy atom. The van der Waals surface area contributed by atoms with E-state index in [2.05, 4.69) is 0 Å². The van der Waals surface area contributed by atoms with Gasteiger partial charge in [-0.25, -0.2) is 9.59 Å². The predicted molar refractivity (Wildman–Crippen MR) is 48.9 cm³/mol. The molecule has 0 spiro atoms. The fraction of sp³-hybridized carbons (Fsp3) is 0. The highest BCUT2D eigenvalue weighted by Gasteiger charge is 2.21. The third-order valence-electron chi connectivity index (χ3n) is 1.77. The van der Waals surface area contributed by atoms with Gasteiger partial charge in [-0.1, -0.05) is 6.07 Å². The fourth-order valence-corrected chi connectivity index (χ4v) is 1.17. The quantitative estimate of drug-likeness (QED) is 0.656. The van der Waals surface area contributed by atoms with Crippen molar-refractivity contribution in [3.63, 3.8) is 0 Å². The fourth-order valence-electron chi connectivity index (χ4n) is 1.17. The van der Waals surface area contributed by atoms with Crippen molar-refractivity contribution < 1.29 is 24.6 Å². The molecule has 0 aliphatic heterocycles. The van der Waals surface area contributed by atoms with Crippen molar-refractivity contribution in [3.05, 3.63) is 34.9 Å².